The highest BCUT2D eigenvalue weighted by Crippen LogP contribution is 2.40. The summed E-state index contributed by atoms with van der Waals surface area (Å²) in [7, 11) is 3.15. The SMILES string of the molecule is C.C.C.C.CCN(CC)C(=O)C[C@H](O)C[C@H](O)CNC(=O)c1c(C)[nH]c(/C=C2\C(=O)Nc3ccc(F)cc32)c1C.CCNC(=O)C[C@H](O)C[C@H](O)CNC(=O)c1c(C)[nH]c(/C=C2\C(=O)Nc3ccc(F)cc32)c1C.Cc1[nH]c(/C=C2\C(=O)Nc3ccc(F)cc32)c(C)c1C(=O)NC[C@@H](O)C[C@@H](O)CC(=O)N(C)C.Cc1[nH]c(/C=C2\C(=O)Nc3ccc(F)cc32)c(C)c1C(=O)NC[C@@H](O)C[C@@H](O)CC(=O)NC1CC1. The monoisotopic (exact) mass is 1990 g/mol. The maximum atomic E-state index is 13.7. The van der Waals surface area contributed by atoms with Crippen molar-refractivity contribution in [3.8, 4) is 0 Å². The second-order valence-corrected chi connectivity index (χ2v) is 34.9. The Morgan fingerprint density at radius 3 is 0.846 bits per heavy atom. The number of aryl methyl sites for hydroxylation is 4. The van der Waals surface area contributed by atoms with Crippen molar-refractivity contribution in [1.82, 2.24) is 61.6 Å². The lowest BCUT2D eigenvalue weighted by molar-refractivity contribution is -0.133. The molecule has 8 heterocycles. The molecule has 4 aromatic heterocycles. The molecular formula is C103H136F4N16O20. The lowest BCUT2D eigenvalue weighted by atomic mass is 10.0. The van der Waals surface area contributed by atoms with Gasteiger partial charge in [0.25, 0.3) is 47.3 Å². The molecule has 8 atom stereocenters. The highest BCUT2D eigenvalue weighted by atomic mass is 19.1. The minimum atomic E-state index is -1.04. The van der Waals surface area contributed by atoms with E-state index in [-0.39, 0.29) is 183 Å². The summed E-state index contributed by atoms with van der Waals surface area (Å²) in [5.74, 6) is -6.05. The number of nitrogens with one attached hydrogen (secondary N) is 14. The average molecular weight is 1990 g/mol. The Bertz CT molecular complexity index is 6140. The van der Waals surface area contributed by atoms with Gasteiger partial charge >= 0.3 is 0 Å². The molecule has 13 rings (SSSR count). The number of carbonyl (C=O) groups excluding carboxylic acids is 12. The number of amides is 12. The van der Waals surface area contributed by atoms with E-state index in [2.05, 4.69) is 73.1 Å². The second kappa shape index (κ2) is 52.7. The Kier molecular flexibility index (Phi) is 43.3. The summed E-state index contributed by atoms with van der Waals surface area (Å²) < 4.78 is 54.8. The van der Waals surface area contributed by atoms with E-state index < -0.39 is 95.7 Å². The van der Waals surface area contributed by atoms with Crippen LogP contribution < -0.4 is 53.2 Å². The van der Waals surface area contributed by atoms with Gasteiger partial charge in [0.15, 0.2) is 0 Å². The summed E-state index contributed by atoms with van der Waals surface area (Å²) in [6, 6.07) is 16.4. The van der Waals surface area contributed by atoms with Crippen LogP contribution in [-0.2, 0) is 38.4 Å². The number of hydrogen-bond acceptors (Lipinski definition) is 20. The predicted octanol–water partition coefficient (Wildman–Crippen LogP) is 9.90. The first kappa shape index (κ1) is 118. The molecule has 0 spiro atoms. The number of nitrogens with zero attached hydrogens (tertiary/aromatic N) is 2. The molecule has 0 unspecified atom stereocenters. The molecule has 1 aliphatic carbocycles. The van der Waals surface area contributed by atoms with Crippen molar-refractivity contribution in [2.75, 3.05) is 81.2 Å². The van der Waals surface area contributed by atoms with Gasteiger partial charge in [0.1, 0.15) is 23.3 Å². The Morgan fingerprint density at radius 1 is 0.364 bits per heavy atom. The van der Waals surface area contributed by atoms with Gasteiger partial charge in [-0.05, 0) is 208 Å². The molecule has 0 saturated heterocycles. The van der Waals surface area contributed by atoms with Gasteiger partial charge in [-0.25, -0.2) is 17.6 Å². The van der Waals surface area contributed by atoms with Crippen molar-refractivity contribution in [2.45, 2.75) is 225 Å². The number of aliphatic hydroxyl groups excluding tert-OH is 8. The van der Waals surface area contributed by atoms with E-state index in [0.29, 0.717) is 155 Å². The highest BCUT2D eigenvalue weighted by molar-refractivity contribution is 6.37. The van der Waals surface area contributed by atoms with Crippen LogP contribution in [0.15, 0.2) is 72.8 Å². The molecule has 0 bridgehead atoms. The number of aliphatic hydroxyl groups is 8. The molecule has 36 nitrogen and oxygen atoms in total. The van der Waals surface area contributed by atoms with Crippen LogP contribution in [0.1, 0.15) is 246 Å². The lowest BCUT2D eigenvalue weighted by Gasteiger charge is -2.21. The summed E-state index contributed by atoms with van der Waals surface area (Å²) in [5.41, 5.74) is 13.2. The van der Waals surface area contributed by atoms with Crippen LogP contribution >= 0.6 is 0 Å². The van der Waals surface area contributed by atoms with Crippen LogP contribution in [0, 0.1) is 78.7 Å². The molecular weight excluding hydrogens is 1860 g/mol. The standard InChI is InChI=1S/C26H33FN4O5.C25H29FN4O5.2C24H29FN4O5.4CH4/c1-5-31(6-2)23(34)11-17(32)10-18(33)13-28-26(36)24-14(3)22(29-15(24)4)12-20-19-9-16(27)7-8-21(19)30-25(20)35;1-12-21(10-19-18-7-14(26)3-6-20(18)30-24(19)34)28-13(2)23(12)25(35)27-11-17(32)8-16(31)9-22(33)29-15-4-5-15;1-12-20(10-18-17-7-14(25)5-6-19(17)28-23(18)33)27-13(2)22(12)24(34)26-11-16(31)8-15(30)9-21(32)29(3)4;1-4-26-21(32)9-15(30)8-16(31)11-27-24(34)22-12(2)20(28-13(22)3)10-18-17-7-14(25)5-6-19(17)29-23(18)33;;;;/h7-9,12,17-18,29,32-33H,5-6,10-11,13H2,1-4H3,(H,28,36)(H,30,35);3,6-7,10,15-17,28,31-32H,4-5,8-9,11H2,1-2H3,(H,27,35)(H,29,33)(H,30,34);5-7,10,15-16,27,30-31H,8-9,11H2,1-4H3,(H,26,34)(H,28,33);5-7,10,15-16,28,30-31H,4,8-9,11H2,1-3H3,(H,26,32)(H,27,34)(H,29,33);4*1H4/b20-12-;19-10-;2*18-10-;;;;/t17-,18+;16-,17+;2*15-,16+;;;;/m1111..../s1. The number of anilines is 4. The summed E-state index contributed by atoms with van der Waals surface area (Å²) in [5, 5.41) is 108. The van der Waals surface area contributed by atoms with Gasteiger partial charge in [0, 0.05) is 182 Å². The Labute approximate surface area is 828 Å². The fourth-order valence-corrected chi connectivity index (χ4v) is 16.4. The van der Waals surface area contributed by atoms with E-state index in [1.165, 1.54) is 77.7 Å². The number of fused-ring (bicyclic) bond motifs is 4. The first-order chi connectivity index (χ1) is 65.7. The van der Waals surface area contributed by atoms with Crippen molar-refractivity contribution in [2.24, 2.45) is 0 Å². The van der Waals surface area contributed by atoms with Gasteiger partial charge in [0.05, 0.1) is 119 Å². The van der Waals surface area contributed by atoms with E-state index in [1.807, 2.05) is 13.8 Å². The molecule has 776 valence electrons. The Hall–Kier alpha value is -14.0. The number of benzene rings is 4. The van der Waals surface area contributed by atoms with Crippen LogP contribution in [0.5, 0.6) is 0 Å². The van der Waals surface area contributed by atoms with Crippen LogP contribution in [0.2, 0.25) is 0 Å². The topological polar surface area (TPSA) is 557 Å². The van der Waals surface area contributed by atoms with E-state index in [9.17, 15) is 116 Å². The van der Waals surface area contributed by atoms with Gasteiger partial charge in [-0.15, -0.1) is 0 Å². The van der Waals surface area contributed by atoms with E-state index in [4.69, 9.17) is 0 Å². The summed E-state index contributed by atoms with van der Waals surface area (Å²) in [6.45, 7) is 20.3. The van der Waals surface area contributed by atoms with E-state index >= 15 is 0 Å². The lowest BCUT2D eigenvalue weighted by Crippen LogP contribution is -2.37. The number of H-pyrrole nitrogens is 4. The number of hydrogen-bond donors (Lipinski definition) is 22. The third-order valence-electron chi connectivity index (χ3n) is 23.8. The minimum Gasteiger partial charge on any atom is -0.392 e. The van der Waals surface area contributed by atoms with Crippen LogP contribution in [0.4, 0.5) is 40.3 Å². The zero-order valence-corrected chi connectivity index (χ0v) is 79.3. The van der Waals surface area contributed by atoms with Crippen LogP contribution in [0.25, 0.3) is 46.6 Å². The smallest absolute Gasteiger partial charge is 0.256 e. The zero-order chi connectivity index (χ0) is 102. The largest absolute Gasteiger partial charge is 0.392 e. The van der Waals surface area contributed by atoms with Gasteiger partial charge < -0.3 is 124 Å². The molecule has 4 aromatic carbocycles. The predicted molar refractivity (Wildman–Crippen MR) is 540 cm³/mol. The molecule has 40 heteroatoms. The molecule has 8 aromatic rings. The van der Waals surface area contributed by atoms with Crippen molar-refractivity contribution in [3.63, 3.8) is 0 Å². The quantitative estimate of drug-likeness (QED) is 0.0128. The van der Waals surface area contributed by atoms with Gasteiger partial charge in [-0.3, -0.25) is 57.5 Å². The van der Waals surface area contributed by atoms with Crippen molar-refractivity contribution in [3.05, 3.63) is 208 Å². The minimum absolute atomic E-state index is 0. The number of aromatic amines is 4. The van der Waals surface area contributed by atoms with Gasteiger partial charge in [0.2, 0.25) is 23.6 Å². The van der Waals surface area contributed by atoms with Crippen molar-refractivity contribution < 1.29 is 116 Å². The first-order valence-electron chi connectivity index (χ1n) is 45.4. The van der Waals surface area contributed by atoms with E-state index in [1.54, 1.807) is 106 Å². The number of aromatic nitrogens is 4. The van der Waals surface area contributed by atoms with Crippen LogP contribution in [-0.4, -0.2) is 256 Å². The normalized spacial score (nSPS) is 15.6. The zero-order valence-electron chi connectivity index (χ0n) is 79.3. The van der Waals surface area contributed by atoms with Crippen molar-refractivity contribution >= 4 is 140 Å². The molecule has 143 heavy (non-hydrogen) atoms. The number of rotatable bonds is 36. The molecule has 4 aliphatic heterocycles. The first-order valence-corrected chi connectivity index (χ1v) is 45.4. The molecule has 22 N–H and O–H groups in total. The fraction of sp³-hybridized carbons (Fsp3) is 0.417. The molecule has 1 saturated carbocycles. The summed E-state index contributed by atoms with van der Waals surface area (Å²) in [6.07, 6.45) is -0.703. The van der Waals surface area contributed by atoms with Gasteiger partial charge in [-0.1, -0.05) is 29.7 Å². The maximum absolute atomic E-state index is 13.7. The summed E-state index contributed by atoms with van der Waals surface area (Å²) in [4.78, 5) is 163. The summed E-state index contributed by atoms with van der Waals surface area (Å²) >= 11 is 0. The van der Waals surface area contributed by atoms with Crippen molar-refractivity contribution in [1.29, 1.82) is 0 Å². The highest BCUT2D eigenvalue weighted by Gasteiger charge is 2.34. The Balaban J connectivity index is 0.000000289. The third-order valence-corrected chi connectivity index (χ3v) is 23.8. The number of halogens is 4. The molecule has 1 fully saturated rings. The fourth-order valence-electron chi connectivity index (χ4n) is 16.4. The van der Waals surface area contributed by atoms with Crippen LogP contribution in [0.3, 0.4) is 0 Å². The second-order valence-electron chi connectivity index (χ2n) is 34.9. The number of carbonyl (C=O) groups is 12. The Morgan fingerprint density at radius 2 is 0.608 bits per heavy atom. The maximum Gasteiger partial charge on any atom is 0.256 e. The molecule has 0 radical (unpaired) electrons. The molecule has 5 aliphatic rings. The average Bonchev–Trinajstić information content (AvgIpc) is 1.65. The van der Waals surface area contributed by atoms with E-state index in [0.717, 1.165) is 12.8 Å². The third kappa shape index (κ3) is 31.0. The van der Waals surface area contributed by atoms with Gasteiger partial charge in [-0.2, -0.15) is 0 Å². The molecule has 12 amide bonds.